The van der Waals surface area contributed by atoms with Crippen molar-refractivity contribution in [2.45, 2.75) is 32.2 Å². The SMILES string of the molecule is Cc1cc(F)ccc1NC1CCCC1C#N. The number of benzene rings is 1. The van der Waals surface area contributed by atoms with E-state index >= 15 is 0 Å². The first kappa shape index (κ1) is 10.9. The minimum atomic E-state index is -0.216. The van der Waals surface area contributed by atoms with Crippen LogP contribution in [-0.2, 0) is 0 Å². The molecule has 1 saturated carbocycles. The van der Waals surface area contributed by atoms with Gasteiger partial charge in [0.2, 0.25) is 0 Å². The predicted octanol–water partition coefficient (Wildman–Crippen LogP) is 3.24. The van der Waals surface area contributed by atoms with Gasteiger partial charge in [-0.3, -0.25) is 0 Å². The number of rotatable bonds is 2. The molecule has 1 aliphatic carbocycles. The second-order valence-electron chi connectivity index (χ2n) is 4.38. The van der Waals surface area contributed by atoms with Crippen molar-refractivity contribution in [2.75, 3.05) is 5.32 Å². The van der Waals surface area contributed by atoms with Gasteiger partial charge in [0.1, 0.15) is 5.82 Å². The highest BCUT2D eigenvalue weighted by Gasteiger charge is 2.27. The Morgan fingerprint density at radius 1 is 1.44 bits per heavy atom. The molecular formula is C13H15FN2. The van der Waals surface area contributed by atoms with Crippen molar-refractivity contribution in [1.82, 2.24) is 0 Å². The Bertz CT molecular complexity index is 422. The number of nitrogens with zero attached hydrogens (tertiary/aromatic N) is 1. The van der Waals surface area contributed by atoms with Crippen LogP contribution < -0.4 is 5.32 Å². The van der Waals surface area contributed by atoms with Gasteiger partial charge in [0, 0.05) is 11.7 Å². The van der Waals surface area contributed by atoms with Crippen LogP contribution in [-0.4, -0.2) is 6.04 Å². The van der Waals surface area contributed by atoms with E-state index < -0.39 is 0 Å². The number of aryl methyl sites for hydroxylation is 1. The minimum absolute atomic E-state index is 0.0875. The van der Waals surface area contributed by atoms with Crippen LogP contribution in [0.15, 0.2) is 18.2 Å². The molecule has 84 valence electrons. The van der Waals surface area contributed by atoms with Crippen LogP contribution >= 0.6 is 0 Å². The zero-order chi connectivity index (χ0) is 11.5. The molecule has 2 rings (SSSR count). The van der Waals surface area contributed by atoms with Crippen molar-refractivity contribution >= 4 is 5.69 Å². The van der Waals surface area contributed by atoms with Crippen LogP contribution in [0.2, 0.25) is 0 Å². The van der Waals surface area contributed by atoms with E-state index in [2.05, 4.69) is 11.4 Å². The van der Waals surface area contributed by atoms with Gasteiger partial charge in [0.05, 0.1) is 12.0 Å². The van der Waals surface area contributed by atoms with E-state index in [1.165, 1.54) is 12.1 Å². The van der Waals surface area contributed by atoms with Gasteiger partial charge in [-0.05, 0) is 49.9 Å². The second kappa shape index (κ2) is 4.52. The maximum Gasteiger partial charge on any atom is 0.123 e. The molecule has 0 bridgehead atoms. The third-order valence-corrected chi connectivity index (χ3v) is 3.21. The Balaban J connectivity index is 2.12. The first-order chi connectivity index (χ1) is 7.70. The Kier molecular flexibility index (Phi) is 3.09. The highest BCUT2D eigenvalue weighted by atomic mass is 19.1. The maximum absolute atomic E-state index is 12.9. The third kappa shape index (κ3) is 2.16. The van der Waals surface area contributed by atoms with Gasteiger partial charge in [-0.2, -0.15) is 5.26 Å². The van der Waals surface area contributed by atoms with Crippen LogP contribution in [0.4, 0.5) is 10.1 Å². The minimum Gasteiger partial charge on any atom is -0.381 e. The van der Waals surface area contributed by atoms with Crippen LogP contribution in [0.25, 0.3) is 0 Å². The van der Waals surface area contributed by atoms with Crippen molar-refractivity contribution in [2.24, 2.45) is 5.92 Å². The molecule has 1 fully saturated rings. The second-order valence-corrected chi connectivity index (χ2v) is 4.38. The lowest BCUT2D eigenvalue weighted by molar-refractivity contribution is 0.621. The van der Waals surface area contributed by atoms with Crippen molar-refractivity contribution < 1.29 is 4.39 Å². The maximum atomic E-state index is 12.9. The summed E-state index contributed by atoms with van der Waals surface area (Å²) in [4.78, 5) is 0. The average molecular weight is 218 g/mol. The van der Waals surface area contributed by atoms with E-state index in [0.717, 1.165) is 30.5 Å². The van der Waals surface area contributed by atoms with Gasteiger partial charge in [-0.15, -0.1) is 0 Å². The molecule has 1 aromatic rings. The fourth-order valence-corrected chi connectivity index (χ4v) is 2.28. The molecule has 0 radical (unpaired) electrons. The number of anilines is 1. The van der Waals surface area contributed by atoms with E-state index in [-0.39, 0.29) is 17.8 Å². The molecule has 0 aliphatic heterocycles. The molecule has 0 spiro atoms. The summed E-state index contributed by atoms with van der Waals surface area (Å²) >= 11 is 0. The van der Waals surface area contributed by atoms with E-state index in [1.807, 2.05) is 6.92 Å². The topological polar surface area (TPSA) is 35.8 Å². The lowest BCUT2D eigenvalue weighted by Gasteiger charge is -2.18. The lowest BCUT2D eigenvalue weighted by atomic mass is 10.0. The summed E-state index contributed by atoms with van der Waals surface area (Å²) in [7, 11) is 0. The summed E-state index contributed by atoms with van der Waals surface area (Å²) in [5, 5.41) is 12.3. The van der Waals surface area contributed by atoms with Gasteiger partial charge in [-0.25, -0.2) is 4.39 Å². The van der Waals surface area contributed by atoms with E-state index in [4.69, 9.17) is 5.26 Å². The fourth-order valence-electron chi connectivity index (χ4n) is 2.28. The van der Waals surface area contributed by atoms with Crippen molar-refractivity contribution in [1.29, 1.82) is 5.26 Å². The highest BCUT2D eigenvalue weighted by Crippen LogP contribution is 2.29. The molecule has 16 heavy (non-hydrogen) atoms. The van der Waals surface area contributed by atoms with Crippen LogP contribution in [0.1, 0.15) is 24.8 Å². The Labute approximate surface area is 95.1 Å². The quantitative estimate of drug-likeness (QED) is 0.827. The summed E-state index contributed by atoms with van der Waals surface area (Å²) in [5.74, 6) is -0.129. The highest BCUT2D eigenvalue weighted by molar-refractivity contribution is 5.51. The summed E-state index contributed by atoms with van der Waals surface area (Å²) in [5.41, 5.74) is 1.83. The van der Waals surface area contributed by atoms with Crippen molar-refractivity contribution in [3.05, 3.63) is 29.6 Å². The third-order valence-electron chi connectivity index (χ3n) is 3.21. The van der Waals surface area contributed by atoms with Gasteiger partial charge >= 0.3 is 0 Å². The number of halogens is 1. The Morgan fingerprint density at radius 2 is 2.25 bits per heavy atom. The number of nitrogens with one attached hydrogen (secondary N) is 1. The summed E-state index contributed by atoms with van der Waals surface area (Å²) in [6, 6.07) is 7.26. The Hall–Kier alpha value is -1.56. The molecule has 2 unspecified atom stereocenters. The largest absolute Gasteiger partial charge is 0.381 e. The number of nitriles is 1. The normalized spacial score (nSPS) is 24.1. The van der Waals surface area contributed by atoms with Crippen molar-refractivity contribution in [3.63, 3.8) is 0 Å². The summed E-state index contributed by atoms with van der Waals surface area (Å²) < 4.78 is 12.9. The van der Waals surface area contributed by atoms with Crippen LogP contribution in [0, 0.1) is 30.0 Å². The van der Waals surface area contributed by atoms with E-state index in [9.17, 15) is 4.39 Å². The molecule has 2 nitrogen and oxygen atoms in total. The monoisotopic (exact) mass is 218 g/mol. The lowest BCUT2D eigenvalue weighted by Crippen LogP contribution is -2.23. The van der Waals surface area contributed by atoms with Crippen LogP contribution in [0.5, 0.6) is 0 Å². The zero-order valence-corrected chi connectivity index (χ0v) is 9.33. The van der Waals surface area contributed by atoms with Crippen LogP contribution in [0.3, 0.4) is 0 Å². The standard InChI is InChI=1S/C13H15FN2/c1-9-7-11(14)5-6-12(9)16-13-4-2-3-10(13)8-15/h5-7,10,13,16H,2-4H2,1H3. The molecule has 0 aromatic heterocycles. The predicted molar refractivity (Wildman–Crippen MR) is 61.5 cm³/mol. The first-order valence-electron chi connectivity index (χ1n) is 5.63. The van der Waals surface area contributed by atoms with Gasteiger partial charge in [0.15, 0.2) is 0 Å². The summed E-state index contributed by atoms with van der Waals surface area (Å²) in [6.07, 6.45) is 3.08. The van der Waals surface area contributed by atoms with Gasteiger partial charge < -0.3 is 5.32 Å². The molecule has 2 atom stereocenters. The molecule has 0 heterocycles. The van der Waals surface area contributed by atoms with E-state index in [0.29, 0.717) is 0 Å². The first-order valence-corrected chi connectivity index (χ1v) is 5.63. The molecule has 1 aromatic carbocycles. The zero-order valence-electron chi connectivity index (χ0n) is 9.33. The number of hydrogen-bond donors (Lipinski definition) is 1. The number of hydrogen-bond acceptors (Lipinski definition) is 2. The summed E-state index contributed by atoms with van der Waals surface area (Å²) in [6.45, 7) is 1.88. The molecule has 3 heteroatoms. The van der Waals surface area contributed by atoms with Crippen molar-refractivity contribution in [3.8, 4) is 6.07 Å². The molecule has 0 amide bonds. The molecule has 1 aliphatic rings. The Morgan fingerprint density at radius 3 is 2.94 bits per heavy atom. The van der Waals surface area contributed by atoms with Gasteiger partial charge in [-0.1, -0.05) is 0 Å². The molecule has 0 saturated heterocycles. The molecular weight excluding hydrogens is 203 g/mol. The smallest absolute Gasteiger partial charge is 0.123 e. The van der Waals surface area contributed by atoms with Gasteiger partial charge in [0.25, 0.3) is 0 Å². The molecule has 1 N–H and O–H groups in total. The fraction of sp³-hybridized carbons (Fsp3) is 0.462. The van der Waals surface area contributed by atoms with E-state index in [1.54, 1.807) is 6.07 Å². The average Bonchev–Trinajstić information content (AvgIpc) is 2.69.